The number of nitrogen functional groups attached to an aromatic ring is 1. The summed E-state index contributed by atoms with van der Waals surface area (Å²) in [5, 5.41) is 0. The van der Waals surface area contributed by atoms with Gasteiger partial charge < -0.3 is 10.2 Å². The molecule has 0 amide bonds. The van der Waals surface area contributed by atoms with E-state index in [1.807, 2.05) is 18.2 Å². The summed E-state index contributed by atoms with van der Waals surface area (Å²) >= 11 is 2.34. The van der Waals surface area contributed by atoms with Crippen molar-refractivity contribution in [3.8, 4) is 0 Å². The fourth-order valence-corrected chi connectivity index (χ4v) is 6.00. The van der Waals surface area contributed by atoms with Crippen molar-refractivity contribution in [3.05, 3.63) is 27.3 Å². The molecular weight excluding hydrogens is 353 g/mol. The Bertz CT molecular complexity index is 413. The van der Waals surface area contributed by atoms with Crippen molar-refractivity contribution in [2.24, 2.45) is 5.41 Å². The van der Waals surface area contributed by atoms with E-state index >= 15 is 0 Å². The first-order valence-corrected chi connectivity index (χ1v) is 10.5. The van der Waals surface area contributed by atoms with E-state index < -0.39 is 8.32 Å². The van der Waals surface area contributed by atoms with Gasteiger partial charge in [0.1, 0.15) is 0 Å². The average Bonchev–Trinajstić information content (AvgIpc) is 2.16. The van der Waals surface area contributed by atoms with Gasteiger partial charge in [-0.1, -0.05) is 20.8 Å². The van der Waals surface area contributed by atoms with Crippen LogP contribution in [-0.2, 0) is 11.0 Å². The van der Waals surface area contributed by atoms with Gasteiger partial charge in [-0.25, -0.2) is 0 Å². The second-order valence-corrected chi connectivity index (χ2v) is 12.0. The summed E-state index contributed by atoms with van der Waals surface area (Å²) in [4.78, 5) is 0. The second-order valence-electron chi connectivity index (χ2n) is 6.64. The molecule has 0 bridgehead atoms. The fraction of sp³-hybridized carbons (Fsp3) is 0.571. The molecule has 4 heteroatoms. The largest absolute Gasteiger partial charge is 0.413 e. The lowest BCUT2D eigenvalue weighted by molar-refractivity contribution is 0.280. The lowest BCUT2D eigenvalue weighted by atomic mass is 10.0. The molecule has 0 spiro atoms. The van der Waals surface area contributed by atoms with Crippen LogP contribution in [0.25, 0.3) is 0 Å². The van der Waals surface area contributed by atoms with Crippen molar-refractivity contribution < 1.29 is 4.43 Å². The highest BCUT2D eigenvalue weighted by molar-refractivity contribution is 14.1. The van der Waals surface area contributed by atoms with Crippen LogP contribution >= 0.6 is 22.6 Å². The third-order valence-electron chi connectivity index (χ3n) is 2.64. The third-order valence-corrected chi connectivity index (χ3v) is 6.53. The smallest absolute Gasteiger partial charge is 0.187 e. The zero-order valence-corrected chi connectivity index (χ0v) is 15.2. The van der Waals surface area contributed by atoms with E-state index in [4.69, 9.17) is 10.2 Å². The third kappa shape index (κ3) is 5.71. The van der Waals surface area contributed by atoms with Gasteiger partial charge in [0.15, 0.2) is 8.32 Å². The maximum absolute atomic E-state index is 6.21. The predicted octanol–water partition coefficient (Wildman–Crippen LogP) is 4.64. The van der Waals surface area contributed by atoms with Crippen molar-refractivity contribution in [1.29, 1.82) is 0 Å². The van der Waals surface area contributed by atoms with Gasteiger partial charge in [-0.05, 0) is 70.9 Å². The highest BCUT2D eigenvalue weighted by atomic mass is 127. The number of benzene rings is 1. The van der Waals surface area contributed by atoms with Crippen molar-refractivity contribution in [2.75, 3.05) is 5.73 Å². The molecule has 1 rings (SSSR count). The van der Waals surface area contributed by atoms with Crippen LogP contribution in [0.3, 0.4) is 0 Å². The summed E-state index contributed by atoms with van der Waals surface area (Å²) in [6.07, 6.45) is 0. The van der Waals surface area contributed by atoms with Gasteiger partial charge in [-0.3, -0.25) is 0 Å². The van der Waals surface area contributed by atoms with Crippen LogP contribution in [0.5, 0.6) is 0 Å². The lowest BCUT2D eigenvalue weighted by Gasteiger charge is -2.30. The molecule has 0 saturated heterocycles. The zero-order valence-electron chi connectivity index (χ0n) is 12.0. The lowest BCUT2D eigenvalue weighted by Crippen LogP contribution is -2.34. The Morgan fingerprint density at radius 2 is 1.89 bits per heavy atom. The topological polar surface area (TPSA) is 35.2 Å². The van der Waals surface area contributed by atoms with Crippen molar-refractivity contribution in [2.45, 2.75) is 46.5 Å². The van der Waals surface area contributed by atoms with E-state index in [9.17, 15) is 0 Å². The van der Waals surface area contributed by atoms with Crippen LogP contribution in [-0.4, -0.2) is 8.32 Å². The van der Waals surface area contributed by atoms with Gasteiger partial charge in [0, 0.05) is 9.26 Å². The van der Waals surface area contributed by atoms with Gasteiger partial charge in [-0.2, -0.15) is 0 Å². The Labute approximate surface area is 126 Å². The Hall–Kier alpha value is -0.0731. The maximum Gasteiger partial charge on any atom is 0.187 e. The molecule has 0 aliphatic rings. The van der Waals surface area contributed by atoms with Crippen LogP contribution in [0.15, 0.2) is 18.2 Å². The van der Waals surface area contributed by atoms with Gasteiger partial charge >= 0.3 is 0 Å². The molecule has 0 aromatic heterocycles. The molecule has 0 atom stereocenters. The molecule has 0 radical (unpaired) electrons. The van der Waals surface area contributed by atoms with Crippen LogP contribution in [0.4, 0.5) is 5.69 Å². The molecule has 0 saturated carbocycles. The Morgan fingerprint density at radius 3 is 2.44 bits per heavy atom. The Kier molecular flexibility index (Phi) is 5.26. The monoisotopic (exact) mass is 377 g/mol. The van der Waals surface area contributed by atoms with E-state index in [2.05, 4.69) is 56.5 Å². The summed E-state index contributed by atoms with van der Waals surface area (Å²) in [5.41, 5.74) is 8.16. The highest BCUT2D eigenvalue weighted by Crippen LogP contribution is 2.29. The van der Waals surface area contributed by atoms with Gasteiger partial charge in [-0.15, -0.1) is 0 Å². The molecular formula is C14H24INOSi. The molecule has 102 valence electrons. The average molecular weight is 377 g/mol. The number of hydrogen-bond donors (Lipinski definition) is 1. The SMILES string of the molecule is CC(C)(C)C[Si](C)(C)OCc1cc(N)ccc1I. The summed E-state index contributed by atoms with van der Waals surface area (Å²) in [5.74, 6) is 0. The van der Waals surface area contributed by atoms with Gasteiger partial charge in [0.25, 0.3) is 0 Å². The van der Waals surface area contributed by atoms with Gasteiger partial charge in [0.05, 0.1) is 6.61 Å². The van der Waals surface area contributed by atoms with Crippen LogP contribution in [0.1, 0.15) is 26.3 Å². The first-order valence-electron chi connectivity index (χ1n) is 6.27. The van der Waals surface area contributed by atoms with Crippen LogP contribution in [0.2, 0.25) is 19.1 Å². The number of rotatable bonds is 4. The molecule has 2 nitrogen and oxygen atoms in total. The number of anilines is 1. The molecule has 18 heavy (non-hydrogen) atoms. The fourth-order valence-electron chi connectivity index (χ4n) is 2.31. The Balaban J connectivity index is 2.67. The summed E-state index contributed by atoms with van der Waals surface area (Å²) in [7, 11) is -1.61. The molecule has 0 aliphatic heterocycles. The van der Waals surface area contributed by atoms with Crippen LogP contribution < -0.4 is 5.73 Å². The van der Waals surface area contributed by atoms with E-state index in [1.165, 1.54) is 15.2 Å². The van der Waals surface area contributed by atoms with Crippen LogP contribution in [0, 0.1) is 8.99 Å². The van der Waals surface area contributed by atoms with E-state index in [0.29, 0.717) is 12.0 Å². The van der Waals surface area contributed by atoms with E-state index in [1.54, 1.807) is 0 Å². The van der Waals surface area contributed by atoms with Crippen molar-refractivity contribution >= 4 is 36.6 Å². The van der Waals surface area contributed by atoms with E-state index in [0.717, 1.165) is 5.69 Å². The molecule has 0 unspecified atom stereocenters. The molecule has 0 aliphatic carbocycles. The predicted molar refractivity (Wildman–Crippen MR) is 90.1 cm³/mol. The minimum Gasteiger partial charge on any atom is -0.413 e. The quantitative estimate of drug-likeness (QED) is 0.471. The standard InChI is InChI=1S/C14H24INOSi/c1-14(2,3)10-18(4,5)17-9-11-8-12(16)6-7-13(11)15/h6-8H,9-10,16H2,1-5H3. The molecule has 0 heterocycles. The number of hydrogen-bond acceptors (Lipinski definition) is 2. The maximum atomic E-state index is 6.21. The number of halogens is 1. The molecule has 1 aromatic carbocycles. The summed E-state index contributed by atoms with van der Waals surface area (Å²) < 4.78 is 7.43. The normalized spacial score (nSPS) is 12.8. The second kappa shape index (κ2) is 5.92. The van der Waals surface area contributed by atoms with Crippen molar-refractivity contribution in [3.63, 3.8) is 0 Å². The first-order chi connectivity index (χ1) is 8.09. The summed E-state index contributed by atoms with van der Waals surface area (Å²) in [6, 6.07) is 7.16. The molecule has 1 aromatic rings. The number of nitrogens with two attached hydrogens (primary N) is 1. The van der Waals surface area contributed by atoms with Crippen molar-refractivity contribution in [1.82, 2.24) is 0 Å². The minimum absolute atomic E-state index is 0.332. The van der Waals surface area contributed by atoms with E-state index in [-0.39, 0.29) is 0 Å². The first kappa shape index (κ1) is 16.0. The molecule has 2 N–H and O–H groups in total. The van der Waals surface area contributed by atoms with Gasteiger partial charge in [0.2, 0.25) is 0 Å². The molecule has 0 fully saturated rings. The zero-order chi connectivity index (χ0) is 14.0. The highest BCUT2D eigenvalue weighted by Gasteiger charge is 2.29. The minimum atomic E-state index is -1.61. The Morgan fingerprint density at radius 1 is 1.28 bits per heavy atom. The summed E-state index contributed by atoms with van der Waals surface area (Å²) in [6.45, 7) is 12.1.